The highest BCUT2D eigenvalue weighted by atomic mass is 19.4. The summed E-state index contributed by atoms with van der Waals surface area (Å²) in [6.07, 6.45) is -4.68. The number of hydrogen-bond acceptors (Lipinski definition) is 1. The molecule has 0 saturated heterocycles. The maximum absolute atomic E-state index is 14.9. The normalized spacial score (nSPS) is 11.6. The van der Waals surface area contributed by atoms with E-state index in [4.69, 9.17) is 13.1 Å². The smallest absolute Gasteiger partial charge is 0.308 e. The largest absolute Gasteiger partial charge is 0.416 e. The first-order valence-electron chi connectivity index (χ1n) is 19.4. The second-order valence-electron chi connectivity index (χ2n) is 15.0. The molecule has 0 aliphatic rings. The van der Waals surface area contributed by atoms with E-state index in [0.29, 0.717) is 28.2 Å². The topological polar surface area (TPSA) is 42.4 Å². The minimum absolute atomic E-state index is 0.0415. The van der Waals surface area contributed by atoms with E-state index in [2.05, 4.69) is 61.3 Å². The molecule has 288 valence electrons. The zero-order chi connectivity index (χ0) is 42.0. The lowest BCUT2D eigenvalue weighted by Gasteiger charge is -2.22. The van der Waals surface area contributed by atoms with E-state index >= 15 is 0 Å². The average Bonchev–Trinajstić information content (AvgIpc) is 3.80. The fourth-order valence-electron chi connectivity index (χ4n) is 8.76. The first-order valence-corrected chi connectivity index (χ1v) is 19.4. The molecule has 8 aromatic carbocycles. The van der Waals surface area contributed by atoms with Crippen LogP contribution in [-0.4, -0.2) is 9.13 Å². The first-order chi connectivity index (χ1) is 29.7. The number of para-hydroxylation sites is 2. The van der Waals surface area contributed by atoms with E-state index < -0.39 is 11.7 Å². The number of hydrogen-bond donors (Lipinski definition) is 0. The molecular weight excluding hydrogens is 764 g/mol. The van der Waals surface area contributed by atoms with Gasteiger partial charge in [0.1, 0.15) is 0 Å². The minimum atomic E-state index is -4.68. The van der Waals surface area contributed by atoms with Crippen LogP contribution in [0.3, 0.4) is 0 Å². The molecule has 2 aromatic heterocycles. The molecule has 0 aliphatic heterocycles. The van der Waals surface area contributed by atoms with E-state index in [1.807, 2.05) is 72.8 Å². The fraction of sp³-hybridized carbons (Fsp3) is 0.0377. The van der Waals surface area contributed by atoms with Crippen LogP contribution in [-0.2, 0) is 6.18 Å². The van der Waals surface area contributed by atoms with Gasteiger partial charge in [-0.1, -0.05) is 109 Å². The zero-order valence-corrected chi connectivity index (χ0v) is 32.5. The van der Waals surface area contributed by atoms with Crippen molar-refractivity contribution in [1.82, 2.24) is 9.13 Å². The highest BCUT2D eigenvalue weighted by Crippen LogP contribution is 2.47. The predicted molar refractivity (Wildman–Crippen MR) is 238 cm³/mol. The third kappa shape index (κ3) is 5.99. The Labute approximate surface area is 348 Å². The lowest BCUT2D eigenvalue weighted by Crippen LogP contribution is -2.09. The zero-order valence-electron chi connectivity index (χ0n) is 32.5. The van der Waals surface area contributed by atoms with Crippen molar-refractivity contribution in [1.29, 1.82) is 5.26 Å². The van der Waals surface area contributed by atoms with Gasteiger partial charge in [-0.15, -0.1) is 0 Å². The van der Waals surface area contributed by atoms with Gasteiger partial charge < -0.3 is 9.13 Å². The molecule has 0 radical (unpaired) electrons. The minimum Gasteiger partial charge on any atom is -0.308 e. The molecule has 61 heavy (non-hydrogen) atoms. The van der Waals surface area contributed by atoms with Crippen LogP contribution in [0.5, 0.6) is 0 Å². The van der Waals surface area contributed by atoms with Gasteiger partial charge in [0.05, 0.1) is 63.8 Å². The SMILES string of the molecule is [C-]#[N+]c1ccc(-c2ccc3c4ccccc4n(-c4cc([N+]#[C-])c(-c5c(C)cccc5C(F)(F)F)cc4-n4c5ccccc5c5ccc(-c6ccc(C#N)cc6)cc54)c3c2)cc1. The van der Waals surface area contributed by atoms with Gasteiger partial charge in [0.25, 0.3) is 0 Å². The van der Waals surface area contributed by atoms with Gasteiger partial charge in [-0.05, 0) is 100 Å². The van der Waals surface area contributed by atoms with Crippen LogP contribution in [0, 0.1) is 31.4 Å². The number of alkyl halides is 3. The quantitative estimate of drug-likeness (QED) is 0.160. The standard InChI is InChI=1S/C53H30F3N5/c1-32-9-8-12-44(53(54,55)56)52(32)43-29-50(60-46-13-6-4-10-39(46)41-25-21-36(27-48(41)60)34-17-15-33(31-57)16-18-34)51(30-45(43)59-3)61-47-14-7-5-11-40(47)42-26-22-37(28-49(42)61)35-19-23-38(58-2)24-20-35/h4-30H,1H3. The Kier molecular flexibility index (Phi) is 8.58. The Hall–Kier alpha value is -8.38. The van der Waals surface area contributed by atoms with Gasteiger partial charge in [-0.25, -0.2) is 9.69 Å². The van der Waals surface area contributed by atoms with Gasteiger partial charge in [-0.3, -0.25) is 0 Å². The van der Waals surface area contributed by atoms with Gasteiger partial charge in [0.15, 0.2) is 11.4 Å². The monoisotopic (exact) mass is 793 g/mol. The van der Waals surface area contributed by atoms with Crippen LogP contribution >= 0.6 is 0 Å². The number of aromatic nitrogens is 2. The number of nitrogens with zero attached hydrogens (tertiary/aromatic N) is 5. The number of benzene rings is 8. The summed E-state index contributed by atoms with van der Waals surface area (Å²) < 4.78 is 49.1. The molecule has 2 heterocycles. The summed E-state index contributed by atoms with van der Waals surface area (Å²) in [5.74, 6) is 0. The van der Waals surface area contributed by atoms with Crippen molar-refractivity contribution in [2.75, 3.05) is 0 Å². The first kappa shape index (κ1) is 36.9. The van der Waals surface area contributed by atoms with Crippen molar-refractivity contribution < 1.29 is 13.2 Å². The number of nitriles is 1. The molecule has 5 nitrogen and oxygen atoms in total. The van der Waals surface area contributed by atoms with Crippen molar-refractivity contribution >= 4 is 55.0 Å². The Bertz CT molecular complexity index is 3550. The average molecular weight is 794 g/mol. The Morgan fingerprint density at radius 1 is 0.525 bits per heavy atom. The number of rotatable bonds is 5. The third-order valence-electron chi connectivity index (χ3n) is 11.6. The van der Waals surface area contributed by atoms with E-state index in [1.165, 1.54) is 6.07 Å². The molecule has 0 bridgehead atoms. The van der Waals surface area contributed by atoms with Crippen LogP contribution in [0.25, 0.3) is 98.1 Å². The van der Waals surface area contributed by atoms with Crippen molar-refractivity contribution in [3.63, 3.8) is 0 Å². The van der Waals surface area contributed by atoms with Crippen LogP contribution in [0.2, 0.25) is 0 Å². The molecule has 10 rings (SSSR count). The van der Waals surface area contributed by atoms with Crippen LogP contribution in [0.4, 0.5) is 24.5 Å². The lowest BCUT2D eigenvalue weighted by molar-refractivity contribution is -0.137. The molecule has 10 aromatic rings. The second-order valence-corrected chi connectivity index (χ2v) is 15.0. The van der Waals surface area contributed by atoms with Crippen LogP contribution in [0.1, 0.15) is 16.7 Å². The molecule has 0 aliphatic carbocycles. The maximum atomic E-state index is 14.9. The molecular formula is C53H30F3N5. The Morgan fingerprint density at radius 3 is 1.56 bits per heavy atom. The van der Waals surface area contributed by atoms with Gasteiger partial charge in [-0.2, -0.15) is 18.4 Å². The van der Waals surface area contributed by atoms with Crippen molar-refractivity contribution in [2.45, 2.75) is 13.1 Å². The van der Waals surface area contributed by atoms with Crippen LogP contribution in [0.15, 0.2) is 164 Å². The van der Waals surface area contributed by atoms with Crippen LogP contribution < -0.4 is 0 Å². The highest BCUT2D eigenvalue weighted by molar-refractivity contribution is 6.13. The number of fused-ring (bicyclic) bond motifs is 6. The summed E-state index contributed by atoms with van der Waals surface area (Å²) in [7, 11) is 0. The summed E-state index contributed by atoms with van der Waals surface area (Å²) in [6, 6.07) is 52.9. The molecule has 0 saturated carbocycles. The molecule has 0 atom stereocenters. The Morgan fingerprint density at radius 2 is 1.03 bits per heavy atom. The molecule has 0 N–H and O–H groups in total. The highest BCUT2D eigenvalue weighted by Gasteiger charge is 2.35. The summed E-state index contributed by atoms with van der Waals surface area (Å²) in [5.41, 5.74) is 9.02. The van der Waals surface area contributed by atoms with Crippen molar-refractivity contribution in [2.24, 2.45) is 0 Å². The summed E-state index contributed by atoms with van der Waals surface area (Å²) in [4.78, 5) is 7.51. The second kappa shape index (κ2) is 14.2. The summed E-state index contributed by atoms with van der Waals surface area (Å²) in [6.45, 7) is 17.6. The van der Waals surface area contributed by atoms with Gasteiger partial charge in [0, 0.05) is 21.5 Å². The maximum Gasteiger partial charge on any atom is 0.416 e. The van der Waals surface area contributed by atoms with Gasteiger partial charge >= 0.3 is 6.18 Å². The number of halogens is 3. The molecule has 0 spiro atoms. The third-order valence-corrected chi connectivity index (χ3v) is 11.6. The Balaban J connectivity index is 1.36. The predicted octanol–water partition coefficient (Wildman–Crippen LogP) is 15.2. The van der Waals surface area contributed by atoms with Crippen molar-refractivity contribution in [3.8, 4) is 50.8 Å². The van der Waals surface area contributed by atoms with E-state index in [0.717, 1.165) is 71.9 Å². The van der Waals surface area contributed by atoms with E-state index in [1.54, 1.807) is 49.4 Å². The number of aryl methyl sites for hydroxylation is 1. The molecule has 0 fully saturated rings. The molecule has 0 amide bonds. The molecule has 8 heteroatoms. The summed E-state index contributed by atoms with van der Waals surface area (Å²) in [5, 5.41) is 13.3. The van der Waals surface area contributed by atoms with E-state index in [-0.39, 0.29) is 16.8 Å². The summed E-state index contributed by atoms with van der Waals surface area (Å²) >= 11 is 0. The lowest BCUT2D eigenvalue weighted by atomic mass is 9.92. The molecule has 0 unspecified atom stereocenters. The fourth-order valence-corrected chi connectivity index (χ4v) is 8.76. The van der Waals surface area contributed by atoms with Gasteiger partial charge in [0.2, 0.25) is 0 Å². The van der Waals surface area contributed by atoms with Crippen molar-refractivity contribution in [3.05, 3.63) is 203 Å². The van der Waals surface area contributed by atoms with E-state index in [9.17, 15) is 18.4 Å².